The zero-order chi connectivity index (χ0) is 17.4. The number of aliphatic hydroxyl groups is 1. The van der Waals surface area contributed by atoms with Crippen LogP contribution in [0, 0.1) is 28.6 Å². The molecule has 5 unspecified atom stereocenters. The van der Waals surface area contributed by atoms with E-state index in [0.717, 1.165) is 19.3 Å². The van der Waals surface area contributed by atoms with Gasteiger partial charge in [-0.3, -0.25) is 4.79 Å². The van der Waals surface area contributed by atoms with Crippen LogP contribution in [0.25, 0.3) is 0 Å². The van der Waals surface area contributed by atoms with Gasteiger partial charge in [-0.05, 0) is 60.7 Å². The normalized spacial score (nSPS) is 38.0. The molecule has 0 aliphatic heterocycles. The molecule has 0 radical (unpaired) electrons. The number of fused-ring (bicyclic) bond motifs is 1. The van der Waals surface area contributed by atoms with Crippen molar-refractivity contribution in [2.45, 2.75) is 78.7 Å². The van der Waals surface area contributed by atoms with E-state index in [1.807, 2.05) is 6.92 Å². The van der Waals surface area contributed by atoms with Crippen molar-refractivity contribution >= 4 is 5.97 Å². The molecule has 0 spiro atoms. The first-order valence-corrected chi connectivity index (χ1v) is 9.15. The molecule has 132 valence electrons. The molecule has 3 nitrogen and oxygen atoms in total. The summed E-state index contributed by atoms with van der Waals surface area (Å²) in [5.74, 6) is 0.213. The van der Waals surface area contributed by atoms with Gasteiger partial charge in [0.1, 0.15) is 0 Å². The predicted molar refractivity (Wildman–Crippen MR) is 93.1 cm³/mol. The van der Waals surface area contributed by atoms with Crippen LogP contribution in [0.2, 0.25) is 0 Å². The fraction of sp³-hybridized carbons (Fsp3) is 0.850. The van der Waals surface area contributed by atoms with Crippen LogP contribution in [0.3, 0.4) is 0 Å². The summed E-state index contributed by atoms with van der Waals surface area (Å²) in [6.45, 7) is 13.3. The van der Waals surface area contributed by atoms with Gasteiger partial charge in [0.15, 0.2) is 0 Å². The molecule has 5 atom stereocenters. The van der Waals surface area contributed by atoms with E-state index in [4.69, 9.17) is 5.11 Å². The summed E-state index contributed by atoms with van der Waals surface area (Å²) in [5.41, 5.74) is 1.44. The van der Waals surface area contributed by atoms with Crippen LogP contribution in [0.5, 0.6) is 0 Å². The second kappa shape index (κ2) is 6.58. The molecule has 3 heteroatoms. The van der Waals surface area contributed by atoms with Crippen molar-refractivity contribution in [1.29, 1.82) is 0 Å². The van der Waals surface area contributed by atoms with Crippen LogP contribution in [-0.2, 0) is 4.79 Å². The smallest absolute Gasteiger partial charge is 0.303 e. The minimum Gasteiger partial charge on any atom is -0.481 e. The first-order valence-electron chi connectivity index (χ1n) is 9.15. The number of hydrogen-bond donors (Lipinski definition) is 2. The summed E-state index contributed by atoms with van der Waals surface area (Å²) in [6, 6.07) is 0. The number of rotatable bonds is 5. The summed E-state index contributed by atoms with van der Waals surface area (Å²) in [6.07, 6.45) is 6.14. The van der Waals surface area contributed by atoms with Crippen molar-refractivity contribution in [1.82, 2.24) is 0 Å². The van der Waals surface area contributed by atoms with Crippen molar-refractivity contribution < 1.29 is 15.0 Å². The average Bonchev–Trinajstić information content (AvgIpc) is 2.34. The van der Waals surface area contributed by atoms with E-state index in [0.29, 0.717) is 18.3 Å². The van der Waals surface area contributed by atoms with Crippen molar-refractivity contribution in [3.63, 3.8) is 0 Å². The lowest BCUT2D eigenvalue weighted by atomic mass is 9.46. The minimum absolute atomic E-state index is 0.0967. The predicted octanol–water partition coefficient (Wildman–Crippen LogP) is 4.65. The SMILES string of the molecule is C=C1CC(O)C2C(C)(C)CCCC2(C)C1CCC(C)CC(=O)O. The standard InChI is InChI=1S/C20H34O3/c1-13(11-17(22)23)7-8-15-14(2)12-16(21)18-19(3,4)9-6-10-20(15,18)5/h13,15-16,18,21H,2,6-12H2,1,3-5H3,(H,22,23). The van der Waals surface area contributed by atoms with Crippen LogP contribution >= 0.6 is 0 Å². The van der Waals surface area contributed by atoms with Gasteiger partial charge in [-0.1, -0.05) is 46.3 Å². The maximum Gasteiger partial charge on any atom is 0.303 e. The largest absolute Gasteiger partial charge is 0.481 e. The second-order valence-corrected chi connectivity index (χ2v) is 9.09. The molecule has 0 aromatic heterocycles. The molecule has 2 saturated carbocycles. The fourth-order valence-electron chi connectivity index (χ4n) is 5.86. The topological polar surface area (TPSA) is 57.5 Å². The van der Waals surface area contributed by atoms with Gasteiger partial charge in [-0.2, -0.15) is 0 Å². The van der Waals surface area contributed by atoms with Gasteiger partial charge in [-0.15, -0.1) is 0 Å². The molecule has 2 aliphatic rings. The highest BCUT2D eigenvalue weighted by molar-refractivity contribution is 5.66. The third-order valence-corrected chi connectivity index (χ3v) is 6.71. The van der Waals surface area contributed by atoms with Crippen molar-refractivity contribution in [3.05, 3.63) is 12.2 Å². The number of carbonyl (C=O) groups is 1. The van der Waals surface area contributed by atoms with Gasteiger partial charge in [0, 0.05) is 6.42 Å². The Morgan fingerprint density at radius 2 is 2.00 bits per heavy atom. The number of aliphatic hydroxyl groups excluding tert-OH is 1. The van der Waals surface area contributed by atoms with Gasteiger partial charge < -0.3 is 10.2 Å². The lowest BCUT2D eigenvalue weighted by Crippen LogP contribution is -2.55. The first-order chi connectivity index (χ1) is 10.6. The molecule has 0 saturated heterocycles. The monoisotopic (exact) mass is 322 g/mol. The number of carboxylic acid groups (broad SMARTS) is 1. The van der Waals surface area contributed by atoms with E-state index < -0.39 is 5.97 Å². The van der Waals surface area contributed by atoms with E-state index in [1.165, 1.54) is 18.4 Å². The molecule has 2 fully saturated rings. The van der Waals surface area contributed by atoms with E-state index in [2.05, 4.69) is 27.4 Å². The first kappa shape index (κ1) is 18.5. The van der Waals surface area contributed by atoms with Gasteiger partial charge in [0.2, 0.25) is 0 Å². The fourth-order valence-corrected chi connectivity index (χ4v) is 5.86. The zero-order valence-corrected chi connectivity index (χ0v) is 15.3. The highest BCUT2D eigenvalue weighted by Gasteiger charge is 2.56. The van der Waals surface area contributed by atoms with E-state index in [-0.39, 0.29) is 29.3 Å². The molecule has 2 aliphatic carbocycles. The lowest BCUT2D eigenvalue weighted by Gasteiger charge is -2.59. The Labute approximate surface area is 141 Å². The highest BCUT2D eigenvalue weighted by Crippen LogP contribution is 2.61. The van der Waals surface area contributed by atoms with Crippen LogP contribution in [0.4, 0.5) is 0 Å². The summed E-state index contributed by atoms with van der Waals surface area (Å²) in [4.78, 5) is 10.9. The molecule has 2 N–H and O–H groups in total. The Morgan fingerprint density at radius 1 is 1.35 bits per heavy atom. The Kier molecular flexibility index (Phi) is 5.30. The van der Waals surface area contributed by atoms with Gasteiger partial charge in [0.05, 0.1) is 6.10 Å². The lowest BCUT2D eigenvalue weighted by molar-refractivity contribution is -0.138. The number of carboxylic acids is 1. The molecule has 0 aromatic carbocycles. The molecular weight excluding hydrogens is 288 g/mol. The molecule has 0 heterocycles. The zero-order valence-electron chi connectivity index (χ0n) is 15.3. The van der Waals surface area contributed by atoms with E-state index in [1.54, 1.807) is 0 Å². The number of hydrogen-bond acceptors (Lipinski definition) is 2. The van der Waals surface area contributed by atoms with Crippen molar-refractivity contribution in [2.24, 2.45) is 28.6 Å². The van der Waals surface area contributed by atoms with Crippen LogP contribution in [0.1, 0.15) is 72.6 Å². The molecule has 2 rings (SSSR count). The average molecular weight is 322 g/mol. The van der Waals surface area contributed by atoms with Crippen molar-refractivity contribution in [2.75, 3.05) is 0 Å². The molecule has 0 aromatic rings. The Balaban J connectivity index is 2.17. The second-order valence-electron chi connectivity index (χ2n) is 9.09. The number of aliphatic carboxylic acids is 1. The summed E-state index contributed by atoms with van der Waals surface area (Å²) >= 11 is 0. The summed E-state index contributed by atoms with van der Waals surface area (Å²) in [7, 11) is 0. The van der Waals surface area contributed by atoms with Crippen LogP contribution < -0.4 is 0 Å². The third-order valence-electron chi connectivity index (χ3n) is 6.71. The molecule has 23 heavy (non-hydrogen) atoms. The Hall–Kier alpha value is -0.830. The van der Waals surface area contributed by atoms with Gasteiger partial charge in [-0.25, -0.2) is 0 Å². The summed E-state index contributed by atoms with van der Waals surface area (Å²) < 4.78 is 0. The van der Waals surface area contributed by atoms with E-state index in [9.17, 15) is 9.90 Å². The van der Waals surface area contributed by atoms with Gasteiger partial charge in [0.25, 0.3) is 0 Å². The van der Waals surface area contributed by atoms with E-state index >= 15 is 0 Å². The quantitative estimate of drug-likeness (QED) is 0.725. The van der Waals surface area contributed by atoms with Crippen LogP contribution in [0.15, 0.2) is 12.2 Å². The highest BCUT2D eigenvalue weighted by atomic mass is 16.4. The van der Waals surface area contributed by atoms with Crippen molar-refractivity contribution in [3.8, 4) is 0 Å². The molecule has 0 bridgehead atoms. The van der Waals surface area contributed by atoms with Gasteiger partial charge >= 0.3 is 5.97 Å². The molecular formula is C20H34O3. The van der Waals surface area contributed by atoms with Crippen LogP contribution in [-0.4, -0.2) is 22.3 Å². The Bertz CT molecular complexity index is 468. The maximum absolute atomic E-state index is 10.9. The molecule has 0 amide bonds. The minimum atomic E-state index is -0.710. The Morgan fingerprint density at radius 3 is 2.61 bits per heavy atom. The summed E-state index contributed by atoms with van der Waals surface area (Å²) in [5, 5.41) is 19.7. The third kappa shape index (κ3) is 3.65. The maximum atomic E-state index is 10.9.